The van der Waals surface area contributed by atoms with Crippen LogP contribution in [0.15, 0.2) is 34.8 Å². The number of rotatable bonds is 3. The highest BCUT2D eigenvalue weighted by atomic mass is 79.9. The molecule has 0 bridgehead atoms. The van der Waals surface area contributed by atoms with Crippen LogP contribution >= 0.6 is 50.7 Å². The summed E-state index contributed by atoms with van der Waals surface area (Å²) in [6.07, 6.45) is 0. The number of hydrogen-bond acceptors (Lipinski definition) is 2. The molecule has 0 fully saturated rings. The van der Waals surface area contributed by atoms with E-state index in [2.05, 4.69) is 15.9 Å². The van der Waals surface area contributed by atoms with Crippen LogP contribution in [0, 0.1) is 0 Å². The Balaban J connectivity index is 2.45. The van der Waals surface area contributed by atoms with Gasteiger partial charge >= 0.3 is 0 Å². The van der Waals surface area contributed by atoms with Gasteiger partial charge in [-0.15, -0.1) is 0 Å². The fourth-order valence-corrected chi connectivity index (χ4v) is 2.50. The number of carbonyl (C=O) groups is 1. The van der Waals surface area contributed by atoms with E-state index in [-0.39, 0.29) is 5.78 Å². The Morgan fingerprint density at radius 2 is 1.65 bits per heavy atom. The van der Waals surface area contributed by atoms with Crippen molar-refractivity contribution in [2.24, 2.45) is 0 Å². The van der Waals surface area contributed by atoms with E-state index in [1.54, 1.807) is 18.2 Å². The lowest BCUT2D eigenvalue weighted by atomic mass is 10.1. The minimum absolute atomic E-state index is 0.113. The number of ketones is 1. The van der Waals surface area contributed by atoms with Gasteiger partial charge in [-0.3, -0.25) is 4.79 Å². The van der Waals surface area contributed by atoms with Gasteiger partial charge in [0.05, 0.1) is 20.6 Å². The second kappa shape index (κ2) is 6.35. The minimum atomic E-state index is -0.113. The number of carbonyl (C=O) groups excluding carboxylic acids is 1. The first-order chi connectivity index (χ1) is 9.38. The highest BCUT2D eigenvalue weighted by Gasteiger charge is 2.13. The number of halogens is 4. The second-order valence-electron chi connectivity index (χ2n) is 4.00. The van der Waals surface area contributed by atoms with Gasteiger partial charge < -0.3 is 4.74 Å². The van der Waals surface area contributed by atoms with E-state index < -0.39 is 0 Å². The van der Waals surface area contributed by atoms with Crippen LogP contribution < -0.4 is 4.74 Å². The van der Waals surface area contributed by atoms with Crippen LogP contribution in [0.1, 0.15) is 17.3 Å². The maximum atomic E-state index is 11.6. The summed E-state index contributed by atoms with van der Waals surface area (Å²) < 4.78 is 6.46. The van der Waals surface area contributed by atoms with Gasteiger partial charge in [0.15, 0.2) is 5.78 Å². The molecular weight excluding hydrogens is 386 g/mol. The standard InChI is InChI=1S/C14H8BrCl3O2/c1-7(19)9-4-8(15)2-3-13(9)20-14-6-11(17)10(16)5-12(14)18/h2-6H,1H3. The van der Waals surface area contributed by atoms with Crippen molar-refractivity contribution in [3.8, 4) is 11.5 Å². The van der Waals surface area contributed by atoms with Crippen molar-refractivity contribution in [2.75, 3.05) is 0 Å². The molecule has 0 aliphatic heterocycles. The average Bonchev–Trinajstić information content (AvgIpc) is 2.37. The van der Waals surface area contributed by atoms with Gasteiger partial charge in [0.25, 0.3) is 0 Å². The van der Waals surface area contributed by atoms with Gasteiger partial charge in [-0.05, 0) is 31.2 Å². The highest BCUT2D eigenvalue weighted by molar-refractivity contribution is 9.10. The molecule has 0 aromatic heterocycles. The lowest BCUT2D eigenvalue weighted by Gasteiger charge is -2.12. The fourth-order valence-electron chi connectivity index (χ4n) is 1.57. The van der Waals surface area contributed by atoms with Crippen molar-refractivity contribution in [2.45, 2.75) is 6.92 Å². The van der Waals surface area contributed by atoms with Crippen LogP contribution in [0.3, 0.4) is 0 Å². The molecule has 20 heavy (non-hydrogen) atoms. The van der Waals surface area contributed by atoms with Gasteiger partial charge in [-0.2, -0.15) is 0 Å². The summed E-state index contributed by atoms with van der Waals surface area (Å²) in [5, 5.41) is 0.982. The zero-order chi connectivity index (χ0) is 14.9. The molecule has 0 unspecified atom stereocenters. The predicted molar refractivity (Wildman–Crippen MR) is 85.7 cm³/mol. The first kappa shape index (κ1) is 15.6. The van der Waals surface area contributed by atoms with Crippen LogP contribution in [-0.4, -0.2) is 5.78 Å². The minimum Gasteiger partial charge on any atom is -0.455 e. The van der Waals surface area contributed by atoms with Gasteiger partial charge in [0, 0.05) is 10.5 Å². The Kier molecular flexibility index (Phi) is 4.97. The van der Waals surface area contributed by atoms with Gasteiger partial charge in [-0.25, -0.2) is 0 Å². The van der Waals surface area contributed by atoms with Crippen molar-refractivity contribution in [3.05, 3.63) is 55.4 Å². The summed E-state index contributed by atoms with van der Waals surface area (Å²) >= 11 is 21.2. The normalized spacial score (nSPS) is 10.4. The molecule has 0 heterocycles. The smallest absolute Gasteiger partial charge is 0.163 e. The molecule has 0 saturated carbocycles. The summed E-state index contributed by atoms with van der Waals surface area (Å²) in [7, 11) is 0. The third-order valence-electron chi connectivity index (χ3n) is 2.52. The molecule has 0 amide bonds. The Hall–Kier alpha value is -0.740. The Bertz CT molecular complexity index is 686. The fraction of sp³-hybridized carbons (Fsp3) is 0.0714. The Morgan fingerprint density at radius 3 is 2.30 bits per heavy atom. The zero-order valence-corrected chi connectivity index (χ0v) is 14.1. The first-order valence-electron chi connectivity index (χ1n) is 5.51. The van der Waals surface area contributed by atoms with E-state index in [0.29, 0.717) is 32.1 Å². The van der Waals surface area contributed by atoms with Crippen LogP contribution in [0.4, 0.5) is 0 Å². The maximum absolute atomic E-state index is 11.6. The van der Waals surface area contributed by atoms with Gasteiger partial charge in [0.1, 0.15) is 11.5 Å². The van der Waals surface area contributed by atoms with Crippen molar-refractivity contribution < 1.29 is 9.53 Å². The van der Waals surface area contributed by atoms with Crippen molar-refractivity contribution in [1.82, 2.24) is 0 Å². The summed E-state index contributed by atoms with van der Waals surface area (Å²) in [6, 6.07) is 8.14. The molecule has 2 rings (SSSR count). The van der Waals surface area contributed by atoms with E-state index in [0.717, 1.165) is 4.47 Å². The van der Waals surface area contributed by atoms with Crippen molar-refractivity contribution in [1.29, 1.82) is 0 Å². The van der Waals surface area contributed by atoms with E-state index in [1.165, 1.54) is 19.1 Å². The van der Waals surface area contributed by atoms with Crippen LogP contribution in [-0.2, 0) is 0 Å². The third kappa shape index (κ3) is 3.47. The SMILES string of the molecule is CC(=O)c1cc(Br)ccc1Oc1cc(Cl)c(Cl)cc1Cl. The zero-order valence-electron chi connectivity index (χ0n) is 10.2. The second-order valence-corrected chi connectivity index (χ2v) is 6.13. The van der Waals surface area contributed by atoms with E-state index >= 15 is 0 Å². The van der Waals surface area contributed by atoms with Crippen LogP contribution in [0.25, 0.3) is 0 Å². The monoisotopic (exact) mass is 392 g/mol. The topological polar surface area (TPSA) is 26.3 Å². The third-order valence-corrected chi connectivity index (χ3v) is 4.03. The lowest BCUT2D eigenvalue weighted by Crippen LogP contribution is -1.97. The van der Waals surface area contributed by atoms with E-state index in [1.807, 2.05) is 0 Å². The van der Waals surface area contributed by atoms with Gasteiger partial charge in [-0.1, -0.05) is 50.7 Å². The molecule has 2 nitrogen and oxygen atoms in total. The molecular formula is C14H8BrCl3O2. The maximum Gasteiger partial charge on any atom is 0.163 e. The lowest BCUT2D eigenvalue weighted by molar-refractivity contribution is 0.101. The van der Waals surface area contributed by atoms with Crippen molar-refractivity contribution >= 4 is 56.5 Å². The summed E-state index contributed by atoms with van der Waals surface area (Å²) in [5.74, 6) is 0.629. The molecule has 0 radical (unpaired) electrons. The highest BCUT2D eigenvalue weighted by Crippen LogP contribution is 2.37. The average molecular weight is 394 g/mol. The number of ether oxygens (including phenoxy) is 1. The molecule has 0 aliphatic carbocycles. The molecule has 6 heteroatoms. The summed E-state index contributed by atoms with van der Waals surface area (Å²) in [4.78, 5) is 11.6. The van der Waals surface area contributed by atoms with Crippen molar-refractivity contribution in [3.63, 3.8) is 0 Å². The van der Waals surface area contributed by atoms with E-state index in [9.17, 15) is 4.79 Å². The quantitative estimate of drug-likeness (QED) is 0.444. The molecule has 2 aromatic carbocycles. The largest absolute Gasteiger partial charge is 0.455 e. The van der Waals surface area contributed by atoms with Crippen LogP contribution in [0.5, 0.6) is 11.5 Å². The molecule has 0 N–H and O–H groups in total. The van der Waals surface area contributed by atoms with Crippen LogP contribution in [0.2, 0.25) is 15.1 Å². The number of Topliss-reactive ketones (excluding diaryl/α,β-unsaturated/α-hetero) is 1. The molecule has 0 aliphatic rings. The number of hydrogen-bond donors (Lipinski definition) is 0. The molecule has 0 atom stereocenters. The Morgan fingerprint density at radius 1 is 1.00 bits per heavy atom. The predicted octanol–water partition coefficient (Wildman–Crippen LogP) is 6.40. The summed E-state index contributed by atoms with van der Waals surface area (Å²) in [5.41, 5.74) is 0.446. The molecule has 0 saturated heterocycles. The number of benzene rings is 2. The molecule has 104 valence electrons. The van der Waals surface area contributed by atoms with Gasteiger partial charge in [0.2, 0.25) is 0 Å². The summed E-state index contributed by atoms with van der Waals surface area (Å²) in [6.45, 7) is 1.46. The van der Waals surface area contributed by atoms with E-state index in [4.69, 9.17) is 39.5 Å². The Labute approximate surface area is 139 Å². The molecule has 2 aromatic rings. The molecule has 0 spiro atoms. The first-order valence-corrected chi connectivity index (χ1v) is 7.44.